The monoisotopic (exact) mass is 353 g/mol. The van der Waals surface area contributed by atoms with E-state index in [1.807, 2.05) is 75.5 Å². The highest BCUT2D eigenvalue weighted by molar-refractivity contribution is 6.30. The van der Waals surface area contributed by atoms with Gasteiger partial charge in [0.05, 0.1) is 11.9 Å². The van der Waals surface area contributed by atoms with E-state index in [0.717, 1.165) is 22.5 Å². The molecule has 128 valence electrons. The van der Waals surface area contributed by atoms with E-state index in [2.05, 4.69) is 10.4 Å². The van der Waals surface area contributed by atoms with Gasteiger partial charge in [0.2, 0.25) is 5.91 Å². The quantitative estimate of drug-likeness (QED) is 0.705. The van der Waals surface area contributed by atoms with E-state index in [1.165, 1.54) is 0 Å². The lowest BCUT2D eigenvalue weighted by molar-refractivity contribution is -0.123. The van der Waals surface area contributed by atoms with Crippen molar-refractivity contribution in [3.8, 4) is 16.8 Å². The maximum absolute atomic E-state index is 12.3. The Morgan fingerprint density at radius 3 is 2.44 bits per heavy atom. The molecule has 0 fully saturated rings. The van der Waals surface area contributed by atoms with Crippen LogP contribution in [0.25, 0.3) is 16.8 Å². The van der Waals surface area contributed by atoms with Crippen LogP contribution in [0, 0.1) is 5.41 Å². The molecular formula is C20H20ClN3O. The molecule has 1 amide bonds. The molecule has 0 spiro atoms. The number of aromatic nitrogens is 2. The highest BCUT2D eigenvalue weighted by atomic mass is 35.5. The van der Waals surface area contributed by atoms with E-state index in [1.54, 1.807) is 10.9 Å². The fraction of sp³-hybridized carbons (Fsp3) is 0.200. The van der Waals surface area contributed by atoms with Crippen LogP contribution in [0.4, 0.5) is 5.69 Å². The second-order valence-corrected chi connectivity index (χ2v) is 7.34. The zero-order valence-corrected chi connectivity index (χ0v) is 15.2. The van der Waals surface area contributed by atoms with Gasteiger partial charge >= 0.3 is 0 Å². The van der Waals surface area contributed by atoms with Crippen molar-refractivity contribution in [1.29, 1.82) is 0 Å². The van der Waals surface area contributed by atoms with E-state index in [9.17, 15) is 4.79 Å². The van der Waals surface area contributed by atoms with Gasteiger partial charge in [-0.3, -0.25) is 4.79 Å². The van der Waals surface area contributed by atoms with Crippen LogP contribution >= 0.6 is 11.6 Å². The van der Waals surface area contributed by atoms with E-state index < -0.39 is 5.41 Å². The van der Waals surface area contributed by atoms with Gasteiger partial charge in [-0.25, -0.2) is 4.68 Å². The molecule has 2 aromatic carbocycles. The molecule has 3 rings (SSSR count). The number of carbonyl (C=O) groups excluding carboxylic acids is 1. The number of amides is 1. The minimum Gasteiger partial charge on any atom is -0.325 e. The molecule has 0 radical (unpaired) electrons. The van der Waals surface area contributed by atoms with Crippen molar-refractivity contribution in [2.24, 2.45) is 5.41 Å². The van der Waals surface area contributed by atoms with Gasteiger partial charge in [-0.2, -0.15) is 5.10 Å². The number of carbonyl (C=O) groups is 1. The van der Waals surface area contributed by atoms with Gasteiger partial charge in [0.15, 0.2) is 0 Å². The van der Waals surface area contributed by atoms with E-state index in [0.29, 0.717) is 5.02 Å². The first-order valence-corrected chi connectivity index (χ1v) is 8.44. The van der Waals surface area contributed by atoms with Crippen LogP contribution in [-0.2, 0) is 4.79 Å². The number of nitrogens with one attached hydrogen (secondary N) is 1. The number of hydrogen-bond donors (Lipinski definition) is 1. The van der Waals surface area contributed by atoms with Crippen molar-refractivity contribution in [3.63, 3.8) is 0 Å². The largest absolute Gasteiger partial charge is 0.325 e. The SMILES string of the molecule is CC(C)(C)C(=O)Nc1ccccc1-c1cnn(-c2ccc(Cl)cc2)c1. The summed E-state index contributed by atoms with van der Waals surface area (Å²) < 4.78 is 1.79. The molecule has 0 unspecified atom stereocenters. The third kappa shape index (κ3) is 3.91. The van der Waals surface area contributed by atoms with E-state index in [4.69, 9.17) is 11.6 Å². The number of hydrogen-bond acceptors (Lipinski definition) is 2. The standard InChI is InChI=1S/C20H20ClN3O/c1-20(2,3)19(25)23-18-7-5-4-6-17(18)14-12-22-24(13-14)16-10-8-15(21)9-11-16/h4-13H,1-3H3,(H,23,25). The van der Waals surface area contributed by atoms with Crippen LogP contribution in [-0.4, -0.2) is 15.7 Å². The normalized spacial score (nSPS) is 11.4. The molecule has 0 aliphatic carbocycles. The van der Waals surface area contributed by atoms with Crippen LogP contribution in [0.15, 0.2) is 60.9 Å². The van der Waals surface area contributed by atoms with Gasteiger partial charge < -0.3 is 5.32 Å². The highest BCUT2D eigenvalue weighted by Crippen LogP contribution is 2.29. The summed E-state index contributed by atoms with van der Waals surface area (Å²) in [5, 5.41) is 8.12. The predicted molar refractivity (Wildman–Crippen MR) is 102 cm³/mol. The smallest absolute Gasteiger partial charge is 0.229 e. The predicted octanol–water partition coefficient (Wildman–Crippen LogP) is 5.18. The first-order valence-electron chi connectivity index (χ1n) is 8.06. The van der Waals surface area contributed by atoms with Gasteiger partial charge in [-0.1, -0.05) is 50.6 Å². The molecule has 0 aliphatic heterocycles. The summed E-state index contributed by atoms with van der Waals surface area (Å²) >= 11 is 5.94. The highest BCUT2D eigenvalue weighted by Gasteiger charge is 2.22. The van der Waals surface area contributed by atoms with Crippen molar-refractivity contribution >= 4 is 23.2 Å². The van der Waals surface area contributed by atoms with Crippen LogP contribution in [0.5, 0.6) is 0 Å². The lowest BCUT2D eigenvalue weighted by atomic mass is 9.95. The lowest BCUT2D eigenvalue weighted by Gasteiger charge is -2.19. The Kier molecular flexibility index (Phi) is 4.64. The molecule has 1 aromatic heterocycles. The average Bonchev–Trinajstić information content (AvgIpc) is 3.05. The summed E-state index contributed by atoms with van der Waals surface area (Å²) in [6.45, 7) is 5.68. The van der Waals surface area contributed by atoms with Gasteiger partial charge in [-0.05, 0) is 30.3 Å². The number of rotatable bonds is 3. The summed E-state index contributed by atoms with van der Waals surface area (Å²) in [6, 6.07) is 15.2. The second-order valence-electron chi connectivity index (χ2n) is 6.90. The molecule has 1 N–H and O–H groups in total. The van der Waals surface area contributed by atoms with E-state index in [-0.39, 0.29) is 5.91 Å². The van der Waals surface area contributed by atoms with Crippen molar-refractivity contribution in [3.05, 3.63) is 65.9 Å². The zero-order valence-electron chi connectivity index (χ0n) is 14.5. The topological polar surface area (TPSA) is 46.9 Å². The molecule has 4 nitrogen and oxygen atoms in total. The van der Waals surface area contributed by atoms with Crippen LogP contribution in [0.1, 0.15) is 20.8 Å². The Bertz CT molecular complexity index is 892. The van der Waals surface area contributed by atoms with Gasteiger partial charge in [-0.15, -0.1) is 0 Å². The molecule has 3 aromatic rings. The average molecular weight is 354 g/mol. The molecular weight excluding hydrogens is 334 g/mol. The van der Waals surface area contributed by atoms with Gasteiger partial charge in [0.25, 0.3) is 0 Å². The molecule has 0 atom stereocenters. The minimum atomic E-state index is -0.458. The Hall–Kier alpha value is -2.59. The summed E-state index contributed by atoms with van der Waals surface area (Å²) in [5.74, 6) is -0.0231. The Labute approximate surface area is 152 Å². The van der Waals surface area contributed by atoms with Crippen LogP contribution in [0.3, 0.4) is 0 Å². The fourth-order valence-corrected chi connectivity index (χ4v) is 2.48. The summed E-state index contributed by atoms with van der Waals surface area (Å²) in [4.78, 5) is 12.3. The molecule has 0 bridgehead atoms. The van der Waals surface area contributed by atoms with Gasteiger partial charge in [0.1, 0.15) is 0 Å². The second kappa shape index (κ2) is 6.73. The maximum atomic E-state index is 12.3. The fourth-order valence-electron chi connectivity index (χ4n) is 2.35. The first kappa shape index (κ1) is 17.2. The molecule has 0 saturated heterocycles. The third-order valence-electron chi connectivity index (χ3n) is 3.84. The number of benzene rings is 2. The van der Waals surface area contributed by atoms with Crippen molar-refractivity contribution in [2.45, 2.75) is 20.8 Å². The first-order chi connectivity index (χ1) is 11.8. The summed E-state index contributed by atoms with van der Waals surface area (Å²) in [5.41, 5.74) is 3.10. The lowest BCUT2D eigenvalue weighted by Crippen LogP contribution is -2.27. The van der Waals surface area contributed by atoms with Gasteiger partial charge in [0, 0.05) is 33.4 Å². The zero-order chi connectivity index (χ0) is 18.0. The Morgan fingerprint density at radius 2 is 1.76 bits per heavy atom. The number of para-hydroxylation sites is 1. The Balaban J connectivity index is 1.93. The maximum Gasteiger partial charge on any atom is 0.229 e. The molecule has 0 saturated carbocycles. The van der Waals surface area contributed by atoms with Crippen molar-refractivity contribution in [1.82, 2.24) is 9.78 Å². The van der Waals surface area contributed by atoms with Crippen molar-refractivity contribution < 1.29 is 4.79 Å². The number of halogens is 1. The summed E-state index contributed by atoms with van der Waals surface area (Å²) in [7, 11) is 0. The number of nitrogens with zero attached hydrogens (tertiary/aromatic N) is 2. The Morgan fingerprint density at radius 1 is 1.08 bits per heavy atom. The number of anilines is 1. The van der Waals surface area contributed by atoms with E-state index >= 15 is 0 Å². The summed E-state index contributed by atoms with van der Waals surface area (Å²) in [6.07, 6.45) is 3.72. The molecule has 25 heavy (non-hydrogen) atoms. The minimum absolute atomic E-state index is 0.0231. The molecule has 5 heteroatoms. The molecule has 0 aliphatic rings. The molecule has 1 heterocycles. The van der Waals surface area contributed by atoms with Crippen LogP contribution in [0.2, 0.25) is 5.02 Å². The third-order valence-corrected chi connectivity index (χ3v) is 4.09. The van der Waals surface area contributed by atoms with Crippen LogP contribution < -0.4 is 5.32 Å². The van der Waals surface area contributed by atoms with Crippen molar-refractivity contribution in [2.75, 3.05) is 5.32 Å².